The van der Waals surface area contributed by atoms with Crippen LogP contribution in [-0.2, 0) is 16.1 Å². The highest BCUT2D eigenvalue weighted by Gasteiger charge is 2.37. The van der Waals surface area contributed by atoms with E-state index in [1.165, 1.54) is 4.90 Å². The molecule has 2 aromatic rings. The molecule has 1 unspecified atom stereocenters. The smallest absolute Gasteiger partial charge is 0.256 e. The zero-order valence-corrected chi connectivity index (χ0v) is 17.0. The summed E-state index contributed by atoms with van der Waals surface area (Å²) in [7, 11) is 0. The van der Waals surface area contributed by atoms with Gasteiger partial charge in [0.2, 0.25) is 11.8 Å². The fourth-order valence-electron chi connectivity index (χ4n) is 4.12. The molecule has 1 atom stereocenters. The first-order valence-corrected chi connectivity index (χ1v) is 10.3. The van der Waals surface area contributed by atoms with Gasteiger partial charge in [-0.15, -0.1) is 0 Å². The van der Waals surface area contributed by atoms with Crippen molar-refractivity contribution in [3.8, 4) is 0 Å². The van der Waals surface area contributed by atoms with Crippen molar-refractivity contribution in [3.05, 3.63) is 71.3 Å². The van der Waals surface area contributed by atoms with E-state index in [9.17, 15) is 23.2 Å². The SMILES string of the molecule is O=C1CC(C(=O)N2CCN(C(=O)c3ccc(F)cc3F)CC2)CN1Cc1ccccc1. The quantitative estimate of drug-likeness (QED) is 0.752. The van der Waals surface area contributed by atoms with Crippen LogP contribution in [0.3, 0.4) is 0 Å². The van der Waals surface area contributed by atoms with Crippen molar-refractivity contribution in [2.24, 2.45) is 5.92 Å². The van der Waals surface area contributed by atoms with Crippen LogP contribution < -0.4 is 0 Å². The molecule has 2 heterocycles. The summed E-state index contributed by atoms with van der Waals surface area (Å²) in [5.74, 6) is -2.68. The van der Waals surface area contributed by atoms with Crippen molar-refractivity contribution in [1.82, 2.24) is 14.7 Å². The molecule has 2 saturated heterocycles. The van der Waals surface area contributed by atoms with Crippen LogP contribution in [0.25, 0.3) is 0 Å². The van der Waals surface area contributed by atoms with E-state index in [-0.39, 0.29) is 36.9 Å². The largest absolute Gasteiger partial charge is 0.339 e. The van der Waals surface area contributed by atoms with Crippen LogP contribution in [0.15, 0.2) is 48.5 Å². The first-order valence-electron chi connectivity index (χ1n) is 10.3. The van der Waals surface area contributed by atoms with Crippen LogP contribution in [0, 0.1) is 17.6 Å². The Morgan fingerprint density at radius 2 is 1.61 bits per heavy atom. The lowest BCUT2D eigenvalue weighted by Crippen LogP contribution is -2.52. The lowest BCUT2D eigenvalue weighted by Gasteiger charge is -2.36. The summed E-state index contributed by atoms with van der Waals surface area (Å²) in [4.78, 5) is 42.7. The molecular weight excluding hydrogens is 404 g/mol. The molecule has 162 valence electrons. The van der Waals surface area contributed by atoms with Gasteiger partial charge in [-0.05, 0) is 17.7 Å². The van der Waals surface area contributed by atoms with E-state index in [1.54, 1.807) is 9.80 Å². The summed E-state index contributed by atoms with van der Waals surface area (Å²) in [5.41, 5.74) is 0.836. The van der Waals surface area contributed by atoms with Gasteiger partial charge in [0.15, 0.2) is 0 Å². The third-order valence-electron chi connectivity index (χ3n) is 5.82. The number of nitrogens with zero attached hydrogens (tertiary/aromatic N) is 3. The van der Waals surface area contributed by atoms with Crippen LogP contribution in [0.2, 0.25) is 0 Å². The maximum absolute atomic E-state index is 13.9. The molecule has 2 fully saturated rings. The van der Waals surface area contributed by atoms with E-state index in [2.05, 4.69) is 0 Å². The zero-order valence-electron chi connectivity index (χ0n) is 17.0. The second-order valence-electron chi connectivity index (χ2n) is 7.90. The Morgan fingerprint density at radius 1 is 0.935 bits per heavy atom. The van der Waals surface area contributed by atoms with Gasteiger partial charge in [-0.2, -0.15) is 0 Å². The highest BCUT2D eigenvalue weighted by atomic mass is 19.1. The van der Waals surface area contributed by atoms with E-state index in [1.807, 2.05) is 30.3 Å². The van der Waals surface area contributed by atoms with Crippen LogP contribution >= 0.6 is 0 Å². The normalized spacial score (nSPS) is 19.1. The number of amides is 3. The van der Waals surface area contributed by atoms with Crippen LogP contribution in [0.5, 0.6) is 0 Å². The number of hydrogen-bond acceptors (Lipinski definition) is 3. The lowest BCUT2D eigenvalue weighted by atomic mass is 10.1. The van der Waals surface area contributed by atoms with E-state index in [0.717, 1.165) is 17.7 Å². The Kier molecular flexibility index (Phi) is 5.97. The second-order valence-corrected chi connectivity index (χ2v) is 7.90. The third kappa shape index (κ3) is 4.57. The predicted octanol–water partition coefficient (Wildman–Crippen LogP) is 2.30. The van der Waals surface area contributed by atoms with Crippen molar-refractivity contribution in [2.75, 3.05) is 32.7 Å². The van der Waals surface area contributed by atoms with E-state index < -0.39 is 23.5 Å². The molecule has 0 aromatic heterocycles. The minimum absolute atomic E-state index is 0.0391. The molecule has 0 spiro atoms. The Labute approximate surface area is 179 Å². The predicted molar refractivity (Wildman–Crippen MR) is 109 cm³/mol. The molecule has 8 heteroatoms. The van der Waals surface area contributed by atoms with E-state index in [0.29, 0.717) is 32.2 Å². The van der Waals surface area contributed by atoms with Gasteiger partial charge in [0.05, 0.1) is 11.5 Å². The van der Waals surface area contributed by atoms with E-state index in [4.69, 9.17) is 0 Å². The number of likely N-dealkylation sites (tertiary alicyclic amines) is 1. The van der Waals surface area contributed by atoms with Gasteiger partial charge in [-0.3, -0.25) is 14.4 Å². The molecule has 2 aliphatic heterocycles. The van der Waals surface area contributed by atoms with Gasteiger partial charge < -0.3 is 14.7 Å². The second kappa shape index (κ2) is 8.83. The number of piperazine rings is 1. The van der Waals surface area contributed by atoms with Crippen molar-refractivity contribution in [3.63, 3.8) is 0 Å². The summed E-state index contributed by atoms with van der Waals surface area (Å²) >= 11 is 0. The molecule has 2 aliphatic rings. The Balaban J connectivity index is 1.32. The molecule has 0 bridgehead atoms. The number of benzene rings is 2. The average molecular weight is 427 g/mol. The molecule has 0 aliphatic carbocycles. The third-order valence-corrected chi connectivity index (χ3v) is 5.82. The molecule has 4 rings (SSSR count). The first kappa shape index (κ1) is 21.0. The highest BCUT2D eigenvalue weighted by Crippen LogP contribution is 2.23. The van der Waals surface area contributed by atoms with Gasteiger partial charge in [-0.25, -0.2) is 8.78 Å². The number of carbonyl (C=O) groups is 3. The van der Waals surface area contributed by atoms with E-state index >= 15 is 0 Å². The molecule has 31 heavy (non-hydrogen) atoms. The topological polar surface area (TPSA) is 60.9 Å². The molecule has 0 saturated carbocycles. The summed E-state index contributed by atoms with van der Waals surface area (Å²) < 4.78 is 27.0. The summed E-state index contributed by atoms with van der Waals surface area (Å²) in [5, 5.41) is 0. The Bertz CT molecular complexity index is 991. The average Bonchev–Trinajstić information content (AvgIpc) is 3.14. The number of carbonyl (C=O) groups excluding carboxylic acids is 3. The summed E-state index contributed by atoms with van der Waals surface area (Å²) in [6, 6.07) is 12.5. The lowest BCUT2D eigenvalue weighted by molar-refractivity contribution is -0.137. The molecular formula is C23H23F2N3O3. The number of rotatable bonds is 4. The zero-order chi connectivity index (χ0) is 22.0. The van der Waals surface area contributed by atoms with Gasteiger partial charge in [-0.1, -0.05) is 30.3 Å². The molecule has 6 nitrogen and oxygen atoms in total. The molecule has 2 aromatic carbocycles. The van der Waals surface area contributed by atoms with Crippen molar-refractivity contribution in [2.45, 2.75) is 13.0 Å². The molecule has 3 amide bonds. The van der Waals surface area contributed by atoms with Crippen LogP contribution in [-0.4, -0.2) is 65.1 Å². The maximum Gasteiger partial charge on any atom is 0.256 e. The Hall–Kier alpha value is -3.29. The van der Waals surface area contributed by atoms with Gasteiger partial charge in [0, 0.05) is 51.8 Å². The number of halogens is 2. The van der Waals surface area contributed by atoms with Gasteiger partial charge in [0.1, 0.15) is 11.6 Å². The van der Waals surface area contributed by atoms with Gasteiger partial charge in [0.25, 0.3) is 5.91 Å². The van der Waals surface area contributed by atoms with Crippen molar-refractivity contribution in [1.29, 1.82) is 0 Å². The summed E-state index contributed by atoms with van der Waals surface area (Å²) in [6.07, 6.45) is 0.186. The van der Waals surface area contributed by atoms with Crippen LogP contribution in [0.1, 0.15) is 22.3 Å². The standard InChI is InChI=1S/C23H23F2N3O3/c24-18-6-7-19(20(25)13-18)23(31)27-10-8-26(9-11-27)22(30)17-12-21(29)28(15-17)14-16-4-2-1-3-5-16/h1-7,13,17H,8-12,14-15H2. The Morgan fingerprint density at radius 3 is 2.29 bits per heavy atom. The molecule has 0 radical (unpaired) electrons. The van der Waals surface area contributed by atoms with Crippen molar-refractivity contribution >= 4 is 17.7 Å². The fraction of sp³-hybridized carbons (Fsp3) is 0.348. The number of hydrogen-bond donors (Lipinski definition) is 0. The minimum Gasteiger partial charge on any atom is -0.339 e. The highest BCUT2D eigenvalue weighted by molar-refractivity contribution is 5.95. The van der Waals surface area contributed by atoms with Crippen LogP contribution in [0.4, 0.5) is 8.78 Å². The summed E-state index contributed by atoms with van der Waals surface area (Å²) in [6.45, 7) is 2.01. The molecule has 0 N–H and O–H groups in total. The van der Waals surface area contributed by atoms with Gasteiger partial charge >= 0.3 is 0 Å². The maximum atomic E-state index is 13.9. The monoisotopic (exact) mass is 427 g/mol. The first-order chi connectivity index (χ1) is 14.9. The fourth-order valence-corrected chi connectivity index (χ4v) is 4.12. The minimum atomic E-state index is -0.897. The van der Waals surface area contributed by atoms with Crippen molar-refractivity contribution < 1.29 is 23.2 Å².